The number of rotatable bonds is 4. The lowest BCUT2D eigenvalue weighted by atomic mass is 9.77. The monoisotopic (exact) mass is 456 g/mol. The van der Waals surface area contributed by atoms with Crippen LogP contribution in [0.2, 0.25) is 0 Å². The Morgan fingerprint density at radius 2 is 1.93 bits per heavy atom. The van der Waals surface area contributed by atoms with E-state index in [4.69, 9.17) is 9.47 Å². The molecular weight excluding hydrogens is 436 g/mol. The molecule has 4 rings (SSSR count). The third-order valence-electron chi connectivity index (χ3n) is 5.43. The van der Waals surface area contributed by atoms with Crippen molar-refractivity contribution in [1.29, 1.82) is 0 Å². The fourth-order valence-electron chi connectivity index (χ4n) is 4.14. The van der Waals surface area contributed by atoms with E-state index in [2.05, 4.69) is 20.9 Å². The van der Waals surface area contributed by atoms with Crippen molar-refractivity contribution in [1.82, 2.24) is 4.98 Å². The van der Waals surface area contributed by atoms with E-state index in [1.54, 1.807) is 31.4 Å². The Bertz CT molecular complexity index is 1000. The third-order valence-corrected chi connectivity index (χ3v) is 5.90. The maximum absolute atomic E-state index is 13.2. The summed E-state index contributed by atoms with van der Waals surface area (Å²) in [6, 6.07) is 9.12. The van der Waals surface area contributed by atoms with E-state index in [0.717, 1.165) is 22.2 Å². The fourth-order valence-corrected chi connectivity index (χ4v) is 4.37. The first-order valence-electron chi connectivity index (χ1n) is 9.46. The Hall–Kier alpha value is -2.67. The summed E-state index contributed by atoms with van der Waals surface area (Å²) in [6.07, 6.45) is 3.70. The van der Waals surface area contributed by atoms with Crippen molar-refractivity contribution in [3.8, 4) is 11.5 Å². The first-order chi connectivity index (χ1) is 14.0. The minimum Gasteiger partial charge on any atom is -0.497 e. The number of allylic oxidation sites excluding steroid dienone is 2. The second-order valence-corrected chi connectivity index (χ2v) is 7.98. The van der Waals surface area contributed by atoms with Crippen LogP contribution in [0.25, 0.3) is 0 Å². The maximum Gasteiger partial charge on any atom is 0.233 e. The van der Waals surface area contributed by atoms with E-state index >= 15 is 0 Å². The topological polar surface area (TPSA) is 68.7 Å². The van der Waals surface area contributed by atoms with E-state index in [0.29, 0.717) is 35.7 Å². The number of Topliss-reactive ketones (excluding diaryl/α,β-unsaturated/α-hetero) is 1. The summed E-state index contributed by atoms with van der Waals surface area (Å²) < 4.78 is 11.7. The zero-order valence-electron chi connectivity index (χ0n) is 16.3. The number of nitrogens with zero attached hydrogens (tertiary/aromatic N) is 2. The molecule has 1 aliphatic heterocycles. The van der Waals surface area contributed by atoms with Gasteiger partial charge in [0.15, 0.2) is 5.78 Å². The lowest BCUT2D eigenvalue weighted by molar-refractivity contribution is -0.120. The molecule has 0 saturated carbocycles. The van der Waals surface area contributed by atoms with E-state index in [1.807, 2.05) is 24.3 Å². The summed E-state index contributed by atoms with van der Waals surface area (Å²) in [7, 11) is 3.18. The van der Waals surface area contributed by atoms with E-state index < -0.39 is 0 Å². The van der Waals surface area contributed by atoms with Gasteiger partial charge in [0.2, 0.25) is 5.91 Å². The predicted octanol–water partition coefficient (Wildman–Crippen LogP) is 4.39. The molecule has 2 aromatic rings. The molecule has 2 heterocycles. The van der Waals surface area contributed by atoms with Crippen molar-refractivity contribution < 1.29 is 19.1 Å². The molecule has 0 unspecified atom stereocenters. The molecule has 6 nitrogen and oxygen atoms in total. The van der Waals surface area contributed by atoms with E-state index in [-0.39, 0.29) is 24.0 Å². The number of aromatic nitrogens is 1. The molecule has 0 bridgehead atoms. The van der Waals surface area contributed by atoms with Crippen molar-refractivity contribution >= 4 is 33.4 Å². The quantitative estimate of drug-likeness (QED) is 0.682. The number of ketones is 1. The third kappa shape index (κ3) is 3.55. The minimum atomic E-state index is -0.359. The number of halogens is 1. The summed E-state index contributed by atoms with van der Waals surface area (Å²) >= 11 is 3.37. The second kappa shape index (κ2) is 7.99. The summed E-state index contributed by atoms with van der Waals surface area (Å²) in [5, 5.41) is 0. The number of hydrogen-bond donors (Lipinski definition) is 0. The Balaban J connectivity index is 1.88. The van der Waals surface area contributed by atoms with Crippen LogP contribution in [0.15, 0.2) is 52.3 Å². The van der Waals surface area contributed by atoms with Crippen LogP contribution in [-0.4, -0.2) is 30.9 Å². The molecule has 0 radical (unpaired) electrons. The van der Waals surface area contributed by atoms with Crippen LogP contribution in [0, 0.1) is 0 Å². The van der Waals surface area contributed by atoms with E-state index in [1.165, 1.54) is 0 Å². The number of hydrogen-bond acceptors (Lipinski definition) is 5. The van der Waals surface area contributed by atoms with Crippen LogP contribution >= 0.6 is 15.9 Å². The number of benzene rings is 1. The van der Waals surface area contributed by atoms with Crippen LogP contribution in [-0.2, 0) is 9.59 Å². The second-order valence-electron chi connectivity index (χ2n) is 7.07. The molecule has 1 aromatic heterocycles. The predicted molar refractivity (Wildman–Crippen MR) is 112 cm³/mol. The number of pyridine rings is 1. The Morgan fingerprint density at radius 3 is 2.62 bits per heavy atom. The molecule has 1 aliphatic carbocycles. The van der Waals surface area contributed by atoms with Gasteiger partial charge in [0.1, 0.15) is 17.3 Å². The van der Waals surface area contributed by atoms with Gasteiger partial charge >= 0.3 is 0 Å². The van der Waals surface area contributed by atoms with Gasteiger partial charge in [-0.3, -0.25) is 14.5 Å². The Kier molecular flexibility index (Phi) is 5.41. The van der Waals surface area contributed by atoms with Gasteiger partial charge in [-0.2, -0.15) is 0 Å². The van der Waals surface area contributed by atoms with Gasteiger partial charge < -0.3 is 9.47 Å². The lowest BCUT2D eigenvalue weighted by Crippen LogP contribution is -2.41. The largest absolute Gasteiger partial charge is 0.497 e. The average Bonchev–Trinajstić information content (AvgIpc) is 2.73. The van der Waals surface area contributed by atoms with Crippen LogP contribution in [0.3, 0.4) is 0 Å². The van der Waals surface area contributed by atoms with E-state index in [9.17, 15) is 9.59 Å². The van der Waals surface area contributed by atoms with Gasteiger partial charge in [-0.05, 0) is 59.1 Å². The molecule has 29 heavy (non-hydrogen) atoms. The summed E-state index contributed by atoms with van der Waals surface area (Å²) in [6.45, 7) is 0. The smallest absolute Gasteiger partial charge is 0.233 e. The highest BCUT2D eigenvalue weighted by Gasteiger charge is 2.41. The van der Waals surface area contributed by atoms with Gasteiger partial charge in [0.25, 0.3) is 0 Å². The highest BCUT2D eigenvalue weighted by Crippen LogP contribution is 2.46. The van der Waals surface area contributed by atoms with Gasteiger partial charge in [0.05, 0.1) is 14.2 Å². The summed E-state index contributed by atoms with van der Waals surface area (Å²) in [4.78, 5) is 32.3. The number of carbonyl (C=O) groups is 2. The van der Waals surface area contributed by atoms with Gasteiger partial charge in [-0.25, -0.2) is 4.98 Å². The molecule has 0 fully saturated rings. The number of methoxy groups -OCH3 is 2. The molecule has 0 N–H and O–H groups in total. The fraction of sp³-hybridized carbons (Fsp3) is 0.318. The molecule has 1 atom stereocenters. The zero-order valence-corrected chi connectivity index (χ0v) is 17.9. The van der Waals surface area contributed by atoms with Gasteiger partial charge in [0, 0.05) is 46.3 Å². The summed E-state index contributed by atoms with van der Waals surface area (Å²) in [5.41, 5.74) is 2.24. The van der Waals surface area contributed by atoms with Gasteiger partial charge in [-0.1, -0.05) is 0 Å². The van der Waals surface area contributed by atoms with Crippen LogP contribution in [0.5, 0.6) is 11.5 Å². The van der Waals surface area contributed by atoms with Crippen molar-refractivity contribution in [3.05, 3.63) is 57.8 Å². The van der Waals surface area contributed by atoms with Crippen molar-refractivity contribution in [2.45, 2.75) is 31.6 Å². The molecule has 0 saturated heterocycles. The zero-order chi connectivity index (χ0) is 20.5. The maximum atomic E-state index is 13.2. The number of anilines is 1. The Morgan fingerprint density at radius 1 is 1.10 bits per heavy atom. The SMILES string of the molecule is COc1ccc(OC)c([C@H]2CC(=O)N(c3ccc(Br)cn3)C3=C2C(=O)CCC3)c1. The standard InChI is InChI=1S/C22H21BrN2O4/c1-28-14-7-8-19(29-2)15(10-14)16-11-21(27)25(20-9-6-13(23)12-24-20)17-4-3-5-18(26)22(16)17/h6-10,12,16H,3-5,11H2,1-2H3/t16-/m1/s1. The van der Waals surface area contributed by atoms with Crippen molar-refractivity contribution in [2.75, 3.05) is 19.1 Å². The first-order valence-corrected chi connectivity index (χ1v) is 10.3. The molecule has 150 valence electrons. The molecular formula is C22H21BrN2O4. The highest BCUT2D eigenvalue weighted by molar-refractivity contribution is 9.10. The normalized spacial score (nSPS) is 19.3. The number of ether oxygens (including phenoxy) is 2. The van der Waals surface area contributed by atoms with Crippen LogP contribution in [0.4, 0.5) is 5.82 Å². The van der Waals surface area contributed by atoms with Crippen LogP contribution in [0.1, 0.15) is 37.2 Å². The highest BCUT2D eigenvalue weighted by atomic mass is 79.9. The van der Waals surface area contributed by atoms with Crippen molar-refractivity contribution in [2.24, 2.45) is 0 Å². The first kappa shape index (κ1) is 19.6. The van der Waals surface area contributed by atoms with Gasteiger partial charge in [-0.15, -0.1) is 0 Å². The molecule has 0 spiro atoms. The Labute approximate surface area is 177 Å². The van der Waals surface area contributed by atoms with Crippen LogP contribution < -0.4 is 14.4 Å². The molecule has 1 aromatic carbocycles. The number of carbonyl (C=O) groups excluding carboxylic acids is 2. The lowest BCUT2D eigenvalue weighted by Gasteiger charge is -2.38. The molecule has 2 aliphatic rings. The number of amides is 1. The summed E-state index contributed by atoms with van der Waals surface area (Å²) in [5.74, 6) is 1.48. The minimum absolute atomic E-state index is 0.0794. The average molecular weight is 457 g/mol. The van der Waals surface area contributed by atoms with Crippen molar-refractivity contribution in [3.63, 3.8) is 0 Å². The molecule has 1 amide bonds. The molecule has 7 heteroatoms.